The number of nitrogens with zero attached hydrogens (tertiary/aromatic N) is 2. The zero-order valence-electron chi connectivity index (χ0n) is 16.7. The van der Waals surface area contributed by atoms with Gasteiger partial charge in [-0.25, -0.2) is 13.1 Å². The molecular formula is C22H22ClN3O4S. The summed E-state index contributed by atoms with van der Waals surface area (Å²) in [5, 5.41) is 1.33. The summed E-state index contributed by atoms with van der Waals surface area (Å²) in [4.78, 5) is 18.7. The number of carbonyl (C=O) groups is 1. The maximum Gasteiger partial charge on any atom is 0.240 e. The van der Waals surface area contributed by atoms with E-state index in [1.807, 2.05) is 30.3 Å². The minimum absolute atomic E-state index is 0.0168. The number of para-hydroxylation sites is 1. The van der Waals surface area contributed by atoms with Gasteiger partial charge in [0.15, 0.2) is 0 Å². The Kier molecular flexibility index (Phi) is 6.41. The number of halogens is 1. The van der Waals surface area contributed by atoms with Crippen molar-refractivity contribution in [3.8, 4) is 5.75 Å². The van der Waals surface area contributed by atoms with Crippen LogP contribution >= 0.6 is 11.6 Å². The summed E-state index contributed by atoms with van der Waals surface area (Å²) in [5.74, 6) is 0.586. The number of aromatic nitrogens is 1. The molecule has 1 saturated heterocycles. The highest BCUT2D eigenvalue weighted by Gasteiger charge is 2.28. The highest BCUT2D eigenvalue weighted by atomic mass is 35.5. The molecule has 3 aromatic rings. The van der Waals surface area contributed by atoms with Crippen LogP contribution in [0.1, 0.15) is 12.8 Å². The summed E-state index contributed by atoms with van der Waals surface area (Å²) < 4.78 is 33.2. The van der Waals surface area contributed by atoms with Crippen LogP contribution in [0, 0.1) is 0 Å². The van der Waals surface area contributed by atoms with Gasteiger partial charge in [0.1, 0.15) is 17.4 Å². The van der Waals surface area contributed by atoms with Crippen molar-refractivity contribution in [3.63, 3.8) is 0 Å². The molecule has 1 fully saturated rings. The van der Waals surface area contributed by atoms with E-state index in [0.29, 0.717) is 30.3 Å². The largest absolute Gasteiger partial charge is 0.486 e. The fraction of sp³-hybridized carbons (Fsp3) is 0.273. The standard InChI is InChI=1S/C22H22ClN3O4S/c23-17-6-2-7-19(14-17)31(28,29)25-12-9-21(27)26-13-10-18(15-26)30-20-8-1-4-16-5-3-11-24-22(16)20/h1-8,11,14,18,25H,9-10,12-13,15H2. The lowest BCUT2D eigenvalue weighted by Crippen LogP contribution is -2.34. The number of sulfonamides is 1. The Morgan fingerprint density at radius 2 is 2.00 bits per heavy atom. The molecule has 2 aromatic carbocycles. The fourth-order valence-corrected chi connectivity index (χ4v) is 4.90. The molecule has 1 aliphatic rings. The van der Waals surface area contributed by atoms with Crippen molar-refractivity contribution in [1.82, 2.24) is 14.6 Å². The molecule has 1 aliphatic heterocycles. The van der Waals surface area contributed by atoms with Crippen LogP contribution in [0.4, 0.5) is 0 Å². The number of ether oxygens (including phenoxy) is 1. The van der Waals surface area contributed by atoms with E-state index in [4.69, 9.17) is 16.3 Å². The molecule has 0 saturated carbocycles. The smallest absolute Gasteiger partial charge is 0.240 e. The molecule has 7 nitrogen and oxygen atoms in total. The van der Waals surface area contributed by atoms with Crippen LogP contribution in [0.5, 0.6) is 5.75 Å². The van der Waals surface area contributed by atoms with Gasteiger partial charge in [-0.3, -0.25) is 9.78 Å². The van der Waals surface area contributed by atoms with Crippen molar-refractivity contribution in [1.29, 1.82) is 0 Å². The van der Waals surface area contributed by atoms with Crippen LogP contribution in [-0.4, -0.2) is 49.9 Å². The summed E-state index contributed by atoms with van der Waals surface area (Å²) in [5.41, 5.74) is 0.796. The molecule has 31 heavy (non-hydrogen) atoms. The molecule has 4 rings (SSSR count). The molecule has 1 N–H and O–H groups in total. The Bertz CT molecular complexity index is 1200. The Morgan fingerprint density at radius 3 is 2.84 bits per heavy atom. The summed E-state index contributed by atoms with van der Waals surface area (Å²) in [6.07, 6.45) is 2.38. The van der Waals surface area contributed by atoms with Gasteiger partial charge in [0, 0.05) is 42.5 Å². The van der Waals surface area contributed by atoms with Crippen LogP contribution in [0.15, 0.2) is 65.7 Å². The minimum atomic E-state index is -3.71. The van der Waals surface area contributed by atoms with Gasteiger partial charge in [-0.1, -0.05) is 35.9 Å². The molecule has 0 bridgehead atoms. The number of hydrogen-bond donors (Lipinski definition) is 1. The van der Waals surface area contributed by atoms with E-state index in [1.165, 1.54) is 12.1 Å². The van der Waals surface area contributed by atoms with Crippen molar-refractivity contribution in [3.05, 3.63) is 65.8 Å². The van der Waals surface area contributed by atoms with Gasteiger partial charge in [-0.15, -0.1) is 0 Å². The summed E-state index contributed by atoms with van der Waals surface area (Å²) in [6, 6.07) is 15.6. The van der Waals surface area contributed by atoms with Crippen LogP contribution < -0.4 is 9.46 Å². The summed E-state index contributed by atoms with van der Waals surface area (Å²) >= 11 is 5.86. The highest BCUT2D eigenvalue weighted by molar-refractivity contribution is 7.89. The van der Waals surface area contributed by atoms with E-state index < -0.39 is 10.0 Å². The number of hydrogen-bond acceptors (Lipinski definition) is 5. The van der Waals surface area contributed by atoms with Crippen LogP contribution in [0.3, 0.4) is 0 Å². The number of likely N-dealkylation sites (tertiary alicyclic amines) is 1. The first-order chi connectivity index (χ1) is 14.9. The van der Waals surface area contributed by atoms with E-state index in [-0.39, 0.29) is 29.9 Å². The number of rotatable bonds is 7. The van der Waals surface area contributed by atoms with E-state index in [2.05, 4.69) is 9.71 Å². The Balaban J connectivity index is 1.30. The van der Waals surface area contributed by atoms with E-state index in [9.17, 15) is 13.2 Å². The Hall–Kier alpha value is -2.68. The zero-order valence-corrected chi connectivity index (χ0v) is 18.3. The van der Waals surface area contributed by atoms with Gasteiger partial charge in [-0.05, 0) is 30.3 Å². The zero-order chi connectivity index (χ0) is 21.8. The predicted octanol–water partition coefficient (Wildman–Crippen LogP) is 3.24. The van der Waals surface area contributed by atoms with Gasteiger partial charge in [-0.2, -0.15) is 0 Å². The van der Waals surface area contributed by atoms with Gasteiger partial charge >= 0.3 is 0 Å². The first-order valence-electron chi connectivity index (χ1n) is 9.96. The number of pyridine rings is 1. The van der Waals surface area contributed by atoms with Crippen molar-refractivity contribution in [2.24, 2.45) is 0 Å². The van der Waals surface area contributed by atoms with Crippen molar-refractivity contribution < 1.29 is 17.9 Å². The lowest BCUT2D eigenvalue weighted by molar-refractivity contribution is -0.130. The third-order valence-corrected chi connectivity index (χ3v) is 6.82. The Morgan fingerprint density at radius 1 is 1.19 bits per heavy atom. The van der Waals surface area contributed by atoms with Crippen molar-refractivity contribution >= 4 is 38.4 Å². The minimum Gasteiger partial charge on any atom is -0.486 e. The van der Waals surface area contributed by atoms with Gasteiger partial charge < -0.3 is 9.64 Å². The van der Waals surface area contributed by atoms with Crippen LogP contribution in [0.25, 0.3) is 10.9 Å². The summed E-state index contributed by atoms with van der Waals surface area (Å²) in [7, 11) is -3.71. The maximum absolute atomic E-state index is 12.5. The van der Waals surface area contributed by atoms with Crippen LogP contribution in [-0.2, 0) is 14.8 Å². The molecule has 162 valence electrons. The average Bonchev–Trinajstić information content (AvgIpc) is 3.22. The first-order valence-corrected chi connectivity index (χ1v) is 11.8. The molecule has 0 radical (unpaired) electrons. The molecule has 0 spiro atoms. The third-order valence-electron chi connectivity index (χ3n) is 5.12. The van der Waals surface area contributed by atoms with Gasteiger partial charge in [0.2, 0.25) is 15.9 Å². The lowest BCUT2D eigenvalue weighted by atomic mass is 10.2. The van der Waals surface area contributed by atoms with Gasteiger partial charge in [0.05, 0.1) is 11.4 Å². The monoisotopic (exact) mass is 459 g/mol. The molecule has 1 unspecified atom stereocenters. The molecule has 9 heteroatoms. The van der Waals surface area contributed by atoms with Crippen molar-refractivity contribution in [2.45, 2.75) is 23.8 Å². The number of carbonyl (C=O) groups excluding carboxylic acids is 1. The quantitative estimate of drug-likeness (QED) is 0.586. The van der Waals surface area contributed by atoms with E-state index >= 15 is 0 Å². The molecule has 2 heterocycles. The molecule has 0 aliphatic carbocycles. The predicted molar refractivity (Wildman–Crippen MR) is 119 cm³/mol. The molecular weight excluding hydrogens is 438 g/mol. The normalized spacial score (nSPS) is 16.5. The van der Waals surface area contributed by atoms with Gasteiger partial charge in [0.25, 0.3) is 0 Å². The van der Waals surface area contributed by atoms with Crippen molar-refractivity contribution in [2.75, 3.05) is 19.6 Å². The number of nitrogens with one attached hydrogen (secondary N) is 1. The second-order valence-corrected chi connectivity index (χ2v) is 9.51. The van der Waals surface area contributed by atoms with E-state index in [0.717, 1.165) is 10.9 Å². The number of fused-ring (bicyclic) bond motifs is 1. The lowest BCUT2D eigenvalue weighted by Gasteiger charge is -2.18. The number of amides is 1. The maximum atomic E-state index is 12.5. The molecule has 1 atom stereocenters. The second kappa shape index (κ2) is 9.21. The average molecular weight is 460 g/mol. The fourth-order valence-electron chi connectivity index (χ4n) is 3.57. The van der Waals surface area contributed by atoms with E-state index in [1.54, 1.807) is 23.2 Å². The highest BCUT2D eigenvalue weighted by Crippen LogP contribution is 2.26. The topological polar surface area (TPSA) is 88.6 Å². The second-order valence-electron chi connectivity index (χ2n) is 7.30. The molecule has 1 aromatic heterocycles. The SMILES string of the molecule is O=C(CCNS(=O)(=O)c1cccc(Cl)c1)N1CCC(Oc2cccc3cccnc23)C1. The van der Waals surface area contributed by atoms with Crippen LogP contribution in [0.2, 0.25) is 5.02 Å². The molecule has 1 amide bonds. The Labute approximate surface area is 186 Å². The number of benzene rings is 2. The third kappa shape index (κ3) is 5.15. The summed E-state index contributed by atoms with van der Waals surface area (Å²) in [6.45, 7) is 1.05. The first kappa shape index (κ1) is 21.5.